The molecule has 0 bridgehead atoms. The maximum atomic E-state index is 13.8. The molecule has 3 rings (SSSR count). The molecule has 0 saturated carbocycles. The van der Waals surface area contributed by atoms with Gasteiger partial charge in [0.05, 0.1) is 5.69 Å². The van der Waals surface area contributed by atoms with Gasteiger partial charge in [-0.05, 0) is 12.1 Å². The highest BCUT2D eigenvalue weighted by Gasteiger charge is 2.36. The molecule has 2 atom stereocenters. The molecule has 2 aliphatic rings. The first-order valence-corrected chi connectivity index (χ1v) is 8.08. The summed E-state index contributed by atoms with van der Waals surface area (Å²) in [7, 11) is 0. The van der Waals surface area contributed by atoms with Crippen LogP contribution in [0.25, 0.3) is 0 Å². The van der Waals surface area contributed by atoms with Gasteiger partial charge in [-0.3, -0.25) is 9.69 Å². The zero-order valence-corrected chi connectivity index (χ0v) is 13.5. The fourth-order valence-corrected chi connectivity index (χ4v) is 2.96. The minimum Gasteiger partial charge on any atom is -0.365 e. The normalized spacial score (nSPS) is 24.8. The van der Waals surface area contributed by atoms with Crippen molar-refractivity contribution in [3.8, 4) is 0 Å². The molecule has 2 aliphatic heterocycles. The smallest absolute Gasteiger partial charge is 0.244 e. The molecule has 2 fully saturated rings. The third-order valence-corrected chi connectivity index (χ3v) is 4.31. The van der Waals surface area contributed by atoms with Crippen molar-refractivity contribution in [3.05, 3.63) is 42.7 Å². The number of benzene rings is 1. The van der Waals surface area contributed by atoms with Gasteiger partial charge in [0, 0.05) is 32.7 Å². The van der Waals surface area contributed by atoms with Gasteiger partial charge >= 0.3 is 0 Å². The number of nitrogens with zero attached hydrogens (tertiary/aromatic N) is 2. The molecule has 1 aromatic carbocycles. The van der Waals surface area contributed by atoms with Crippen LogP contribution in [0, 0.1) is 5.82 Å². The quantitative estimate of drug-likeness (QED) is 0.563. The van der Waals surface area contributed by atoms with Crippen LogP contribution in [0.3, 0.4) is 0 Å². The molecule has 1 amide bonds. The van der Waals surface area contributed by atoms with Crippen molar-refractivity contribution in [1.29, 1.82) is 0 Å². The van der Waals surface area contributed by atoms with Crippen molar-refractivity contribution in [2.75, 3.05) is 38.0 Å². The average molecular weight is 334 g/mol. The number of rotatable bonds is 5. The highest BCUT2D eigenvalue weighted by Crippen LogP contribution is 2.16. The molecular formula is C16H23FN6O. The van der Waals surface area contributed by atoms with E-state index in [0.717, 1.165) is 19.6 Å². The second kappa shape index (κ2) is 7.71. The van der Waals surface area contributed by atoms with Crippen molar-refractivity contribution in [3.63, 3.8) is 0 Å². The minimum atomic E-state index is -0.518. The number of piperazine rings is 1. The van der Waals surface area contributed by atoms with Crippen LogP contribution in [0.2, 0.25) is 0 Å². The second-order valence-corrected chi connectivity index (χ2v) is 5.91. The number of carbonyl (C=O) groups excluding carboxylic acids is 1. The van der Waals surface area contributed by atoms with E-state index in [1.165, 1.54) is 6.07 Å². The Morgan fingerprint density at radius 2 is 2.04 bits per heavy atom. The molecule has 7 nitrogen and oxygen atoms in total. The SMILES string of the molecule is C=CCN1CCN(C(=O)C2NNNC2Nc2ccccc2F)CC1. The van der Waals surface area contributed by atoms with Crippen LogP contribution >= 0.6 is 0 Å². The van der Waals surface area contributed by atoms with E-state index < -0.39 is 12.2 Å². The number of anilines is 1. The Morgan fingerprint density at radius 3 is 2.75 bits per heavy atom. The highest BCUT2D eigenvalue weighted by molar-refractivity contribution is 5.83. The van der Waals surface area contributed by atoms with Crippen LogP contribution < -0.4 is 21.7 Å². The number of hydrazine groups is 2. The Bertz CT molecular complexity index is 590. The number of hydrogen-bond acceptors (Lipinski definition) is 6. The summed E-state index contributed by atoms with van der Waals surface area (Å²) in [5.41, 5.74) is 8.94. The van der Waals surface area contributed by atoms with Crippen LogP contribution in [-0.2, 0) is 4.79 Å². The van der Waals surface area contributed by atoms with Crippen molar-refractivity contribution in [2.24, 2.45) is 0 Å². The molecule has 0 aliphatic carbocycles. The van der Waals surface area contributed by atoms with Crippen LogP contribution in [-0.4, -0.2) is 60.6 Å². The molecule has 0 spiro atoms. The summed E-state index contributed by atoms with van der Waals surface area (Å²) in [5.74, 6) is -0.366. The van der Waals surface area contributed by atoms with E-state index >= 15 is 0 Å². The minimum absolute atomic E-state index is 0.0143. The summed E-state index contributed by atoms with van der Waals surface area (Å²) in [4.78, 5) is 16.9. The molecule has 0 aromatic heterocycles. The van der Waals surface area contributed by atoms with Gasteiger partial charge in [0.1, 0.15) is 18.0 Å². The molecule has 2 unspecified atom stereocenters. The van der Waals surface area contributed by atoms with Gasteiger partial charge < -0.3 is 10.2 Å². The van der Waals surface area contributed by atoms with Crippen molar-refractivity contribution < 1.29 is 9.18 Å². The zero-order valence-electron chi connectivity index (χ0n) is 13.5. The van der Waals surface area contributed by atoms with Crippen LogP contribution in [0.15, 0.2) is 36.9 Å². The standard InChI is InChI=1S/C16H23FN6O/c1-2-7-22-8-10-23(11-9-22)16(24)14-15(20-21-19-14)18-13-6-4-3-5-12(13)17/h2-6,14-15,18-21H,1,7-11H2. The lowest BCUT2D eigenvalue weighted by Crippen LogP contribution is -2.56. The summed E-state index contributed by atoms with van der Waals surface area (Å²) in [6.45, 7) is 7.59. The maximum Gasteiger partial charge on any atom is 0.244 e. The third kappa shape index (κ3) is 3.73. The lowest BCUT2D eigenvalue weighted by Gasteiger charge is -2.36. The topological polar surface area (TPSA) is 71.7 Å². The molecule has 2 heterocycles. The first-order valence-electron chi connectivity index (χ1n) is 8.08. The predicted molar refractivity (Wildman–Crippen MR) is 90.2 cm³/mol. The summed E-state index contributed by atoms with van der Waals surface area (Å²) in [5, 5.41) is 3.03. The van der Waals surface area contributed by atoms with Gasteiger partial charge in [-0.15, -0.1) is 6.58 Å². The van der Waals surface area contributed by atoms with E-state index in [2.05, 4.69) is 33.2 Å². The second-order valence-electron chi connectivity index (χ2n) is 5.91. The monoisotopic (exact) mass is 334 g/mol. The van der Waals surface area contributed by atoms with Crippen molar-refractivity contribution >= 4 is 11.6 Å². The first kappa shape index (κ1) is 16.8. The van der Waals surface area contributed by atoms with E-state index in [1.807, 2.05) is 11.0 Å². The van der Waals surface area contributed by atoms with Crippen LogP contribution in [0.1, 0.15) is 0 Å². The number of hydrogen-bond donors (Lipinski definition) is 4. The van der Waals surface area contributed by atoms with Crippen molar-refractivity contribution in [2.45, 2.75) is 12.2 Å². The summed E-state index contributed by atoms with van der Waals surface area (Å²) in [6, 6.07) is 5.88. The largest absolute Gasteiger partial charge is 0.365 e. The maximum absolute atomic E-state index is 13.8. The molecule has 24 heavy (non-hydrogen) atoms. The number of amides is 1. The van der Waals surface area contributed by atoms with Gasteiger partial charge in [0.2, 0.25) is 5.91 Å². The molecule has 2 saturated heterocycles. The number of nitrogens with one attached hydrogen (secondary N) is 4. The van der Waals surface area contributed by atoms with Crippen molar-refractivity contribution in [1.82, 2.24) is 26.2 Å². The van der Waals surface area contributed by atoms with E-state index in [9.17, 15) is 9.18 Å². The van der Waals surface area contributed by atoms with E-state index in [1.54, 1.807) is 18.2 Å². The first-order chi connectivity index (χ1) is 11.7. The van der Waals surface area contributed by atoms with Gasteiger partial charge in [0.15, 0.2) is 0 Å². The molecule has 1 aromatic rings. The Balaban J connectivity index is 1.60. The Labute approximate surface area is 140 Å². The molecule has 8 heteroatoms. The Morgan fingerprint density at radius 1 is 1.29 bits per heavy atom. The molecule has 0 radical (unpaired) electrons. The summed E-state index contributed by atoms with van der Waals surface area (Å²) >= 11 is 0. The average Bonchev–Trinajstić information content (AvgIpc) is 3.05. The van der Waals surface area contributed by atoms with E-state index in [4.69, 9.17) is 0 Å². The van der Waals surface area contributed by atoms with Crippen LogP contribution in [0.5, 0.6) is 0 Å². The predicted octanol–water partition coefficient (Wildman–Crippen LogP) is -0.125. The molecule has 4 N–H and O–H groups in total. The van der Waals surface area contributed by atoms with Gasteiger partial charge in [0.25, 0.3) is 0 Å². The summed E-state index contributed by atoms with van der Waals surface area (Å²) < 4.78 is 13.8. The Kier molecular flexibility index (Phi) is 5.41. The van der Waals surface area contributed by atoms with E-state index in [-0.39, 0.29) is 11.7 Å². The van der Waals surface area contributed by atoms with Gasteiger partial charge in [-0.2, -0.15) is 5.53 Å². The fourth-order valence-electron chi connectivity index (χ4n) is 2.96. The molecule has 130 valence electrons. The third-order valence-electron chi connectivity index (χ3n) is 4.31. The molecular weight excluding hydrogens is 311 g/mol. The zero-order chi connectivity index (χ0) is 16.9. The van der Waals surface area contributed by atoms with Gasteiger partial charge in [-0.25, -0.2) is 15.2 Å². The lowest BCUT2D eigenvalue weighted by molar-refractivity contribution is -0.135. The Hall–Kier alpha value is -2.00. The number of para-hydroxylation sites is 1. The number of carbonyl (C=O) groups is 1. The van der Waals surface area contributed by atoms with Crippen LogP contribution in [0.4, 0.5) is 10.1 Å². The van der Waals surface area contributed by atoms with Gasteiger partial charge in [-0.1, -0.05) is 18.2 Å². The lowest BCUT2D eigenvalue weighted by atomic mass is 10.1. The fraction of sp³-hybridized carbons (Fsp3) is 0.438. The number of halogens is 1. The highest BCUT2D eigenvalue weighted by atomic mass is 19.1. The summed E-state index contributed by atoms with van der Waals surface area (Å²) in [6.07, 6.45) is 1.43. The van der Waals surface area contributed by atoms with E-state index in [0.29, 0.717) is 18.8 Å².